The van der Waals surface area contributed by atoms with Crippen LogP contribution in [0.15, 0.2) is 24.3 Å². The van der Waals surface area contributed by atoms with Crippen LogP contribution in [-0.4, -0.2) is 14.0 Å². The highest BCUT2D eigenvalue weighted by Crippen LogP contribution is 2.11. The minimum atomic E-state index is -4.87. The summed E-state index contributed by atoms with van der Waals surface area (Å²) in [5.74, 6) is 0. The van der Waals surface area contributed by atoms with Crippen LogP contribution in [0.4, 0.5) is 18.6 Å². The molecule has 1 N–H and O–H groups in total. The second-order valence-electron chi connectivity index (χ2n) is 2.45. The summed E-state index contributed by atoms with van der Waals surface area (Å²) in [6.45, 7) is -4.87. The molecule has 0 heterocycles. The zero-order valence-electron chi connectivity index (χ0n) is 6.52. The van der Waals surface area contributed by atoms with Gasteiger partial charge in [0.15, 0.2) is 0 Å². The van der Waals surface area contributed by atoms with Crippen LogP contribution in [0.2, 0.25) is 0 Å². The third-order valence-electron chi connectivity index (χ3n) is 1.55. The molecule has 66 valence electrons. The van der Waals surface area contributed by atoms with Gasteiger partial charge >= 0.3 is 6.98 Å². The third-order valence-corrected chi connectivity index (χ3v) is 1.55. The maximum absolute atomic E-state index is 12.1. The number of hydrogen-bond donors (Lipinski definition) is 1. The van der Waals surface area contributed by atoms with E-state index in [0.29, 0.717) is 5.69 Å². The monoisotopic (exact) mass is 174 g/mol. The Morgan fingerprint density at radius 1 is 1.25 bits per heavy atom. The summed E-state index contributed by atoms with van der Waals surface area (Å²) in [5.41, 5.74) is -0.0893. The minimum absolute atomic E-state index is 0.478. The second-order valence-corrected chi connectivity index (χ2v) is 2.45. The summed E-state index contributed by atoms with van der Waals surface area (Å²) < 4.78 is 36.4. The summed E-state index contributed by atoms with van der Waals surface area (Å²) in [6, 6.07) is 5.14. The van der Waals surface area contributed by atoms with Crippen LogP contribution in [0.25, 0.3) is 0 Å². The van der Waals surface area contributed by atoms with E-state index >= 15 is 0 Å². The van der Waals surface area contributed by atoms with Crippen LogP contribution >= 0.6 is 0 Å². The van der Waals surface area contributed by atoms with E-state index in [-0.39, 0.29) is 0 Å². The van der Waals surface area contributed by atoms with E-state index in [2.05, 4.69) is 5.32 Å². The smallest absolute Gasteiger partial charge is 0.445 e. The molecule has 0 atom stereocenters. The number of nitrogens with one attached hydrogen (secondary N) is 1. The molecule has 1 aromatic carbocycles. The van der Waals surface area contributed by atoms with E-state index in [4.69, 9.17) is 0 Å². The number of hydrogen-bond acceptors (Lipinski definition) is 1. The van der Waals surface area contributed by atoms with Crippen LogP contribution in [0, 0.1) is 0 Å². The molecule has 0 spiro atoms. The van der Waals surface area contributed by atoms with Crippen LogP contribution in [-0.2, 0) is 0 Å². The largest absolute Gasteiger partial charge is 0.509 e. The number of anilines is 1. The molecule has 0 radical (unpaired) electrons. The fourth-order valence-electron chi connectivity index (χ4n) is 0.898. The van der Waals surface area contributed by atoms with Gasteiger partial charge in [-0.15, -0.1) is 5.46 Å². The van der Waals surface area contributed by atoms with Crippen molar-refractivity contribution in [2.75, 3.05) is 12.4 Å². The van der Waals surface area contributed by atoms with Gasteiger partial charge in [-0.05, 0) is 6.07 Å². The number of halogens is 3. The molecular weight excluding hydrogens is 166 g/mol. The first-order valence-corrected chi connectivity index (χ1v) is 3.51. The van der Waals surface area contributed by atoms with Crippen LogP contribution in [0.5, 0.6) is 0 Å². The first kappa shape index (κ1) is 8.97. The first-order chi connectivity index (χ1) is 5.54. The maximum Gasteiger partial charge on any atom is 0.509 e. The molecule has 0 saturated heterocycles. The highest BCUT2D eigenvalue weighted by molar-refractivity contribution is 6.73. The predicted octanol–water partition coefficient (Wildman–Crippen LogP) is 1.78. The molecule has 0 amide bonds. The van der Waals surface area contributed by atoms with Crippen molar-refractivity contribution in [1.82, 2.24) is 0 Å². The average molecular weight is 174 g/mol. The molecule has 0 aliphatic carbocycles. The van der Waals surface area contributed by atoms with Gasteiger partial charge < -0.3 is 18.3 Å². The Balaban J connectivity index is 3.02. The summed E-state index contributed by atoms with van der Waals surface area (Å²) in [7, 11) is 1.59. The summed E-state index contributed by atoms with van der Waals surface area (Å²) in [4.78, 5) is 0. The number of benzene rings is 1. The standard InChI is InChI=1S/C7H8BF3N/c1-12-7-4-2-3-6(5-7)8(9,10)11/h2-5,12H,1H3/q-1. The predicted molar refractivity (Wildman–Crippen MR) is 44.7 cm³/mol. The quantitative estimate of drug-likeness (QED) is 0.673. The maximum atomic E-state index is 12.1. The van der Waals surface area contributed by atoms with E-state index in [1.54, 1.807) is 13.1 Å². The van der Waals surface area contributed by atoms with Gasteiger partial charge in [0.2, 0.25) is 0 Å². The Kier molecular flexibility index (Phi) is 2.31. The summed E-state index contributed by atoms with van der Waals surface area (Å²) in [5, 5.41) is 2.65. The van der Waals surface area contributed by atoms with Crippen molar-refractivity contribution in [3.63, 3.8) is 0 Å². The minimum Gasteiger partial charge on any atom is -0.445 e. The molecule has 1 aromatic rings. The topological polar surface area (TPSA) is 12.0 Å². The Hall–Kier alpha value is -1.13. The molecule has 1 nitrogen and oxygen atoms in total. The lowest BCUT2D eigenvalue weighted by atomic mass is 9.80. The Morgan fingerprint density at radius 3 is 2.42 bits per heavy atom. The summed E-state index contributed by atoms with van der Waals surface area (Å²) >= 11 is 0. The molecule has 5 heteroatoms. The van der Waals surface area contributed by atoms with Crippen molar-refractivity contribution >= 4 is 18.1 Å². The van der Waals surface area contributed by atoms with Gasteiger partial charge in [0, 0.05) is 12.7 Å². The van der Waals surface area contributed by atoms with Crippen molar-refractivity contribution in [2.45, 2.75) is 0 Å². The second kappa shape index (κ2) is 3.09. The van der Waals surface area contributed by atoms with Crippen molar-refractivity contribution in [3.8, 4) is 0 Å². The van der Waals surface area contributed by atoms with Gasteiger partial charge in [-0.2, -0.15) is 0 Å². The van der Waals surface area contributed by atoms with Crippen molar-refractivity contribution in [3.05, 3.63) is 24.3 Å². The van der Waals surface area contributed by atoms with E-state index < -0.39 is 12.4 Å². The molecule has 0 bridgehead atoms. The van der Waals surface area contributed by atoms with Gasteiger partial charge in [-0.25, -0.2) is 0 Å². The Labute approximate surface area is 68.6 Å². The first-order valence-electron chi connectivity index (χ1n) is 3.51. The van der Waals surface area contributed by atoms with E-state index in [0.717, 1.165) is 12.1 Å². The Bertz CT molecular complexity index is 272. The van der Waals surface area contributed by atoms with Crippen molar-refractivity contribution in [1.29, 1.82) is 0 Å². The lowest BCUT2D eigenvalue weighted by Crippen LogP contribution is -2.33. The lowest BCUT2D eigenvalue weighted by Gasteiger charge is -2.15. The van der Waals surface area contributed by atoms with Crippen LogP contribution in [0.3, 0.4) is 0 Å². The molecule has 0 unspecified atom stereocenters. The summed E-state index contributed by atoms with van der Waals surface area (Å²) in [6.07, 6.45) is 0. The molecule has 0 aliphatic rings. The molecule has 0 aliphatic heterocycles. The van der Waals surface area contributed by atoms with Crippen LogP contribution < -0.4 is 10.8 Å². The van der Waals surface area contributed by atoms with E-state index in [9.17, 15) is 12.9 Å². The van der Waals surface area contributed by atoms with Gasteiger partial charge in [0.05, 0.1) is 0 Å². The van der Waals surface area contributed by atoms with E-state index in [1.807, 2.05) is 0 Å². The number of rotatable bonds is 2. The fourth-order valence-corrected chi connectivity index (χ4v) is 0.898. The van der Waals surface area contributed by atoms with Crippen LogP contribution in [0.1, 0.15) is 0 Å². The van der Waals surface area contributed by atoms with Crippen molar-refractivity contribution < 1.29 is 12.9 Å². The molecule has 0 aromatic heterocycles. The fraction of sp³-hybridized carbons (Fsp3) is 0.143. The molecule has 1 rings (SSSR count). The van der Waals surface area contributed by atoms with Gasteiger partial charge in [-0.1, -0.05) is 18.2 Å². The van der Waals surface area contributed by atoms with Gasteiger partial charge in [-0.3, -0.25) is 0 Å². The molecule has 0 fully saturated rings. The third kappa shape index (κ3) is 1.93. The molecule has 12 heavy (non-hydrogen) atoms. The highest BCUT2D eigenvalue weighted by Gasteiger charge is 2.25. The highest BCUT2D eigenvalue weighted by atomic mass is 19.4. The van der Waals surface area contributed by atoms with Gasteiger partial charge in [0.25, 0.3) is 0 Å². The van der Waals surface area contributed by atoms with E-state index in [1.165, 1.54) is 6.07 Å². The SMILES string of the molecule is CNc1cccc([B-](F)(F)F)c1. The molecular formula is C7H8BF3N-. The van der Waals surface area contributed by atoms with Crippen molar-refractivity contribution in [2.24, 2.45) is 0 Å². The normalized spacial score (nSPS) is 11.3. The molecule has 0 saturated carbocycles. The van der Waals surface area contributed by atoms with Gasteiger partial charge in [0.1, 0.15) is 0 Å². The average Bonchev–Trinajstić information content (AvgIpc) is 2.03. The zero-order valence-corrected chi connectivity index (χ0v) is 6.52. The lowest BCUT2D eigenvalue weighted by molar-refractivity contribution is 0.501. The Morgan fingerprint density at radius 2 is 1.92 bits per heavy atom. The zero-order chi connectivity index (χ0) is 9.19.